The first-order chi connectivity index (χ1) is 53.0. The Hall–Kier alpha value is -9.85. The Bertz CT molecular complexity index is 3470. The molecule has 0 aromatic carbocycles. The summed E-state index contributed by atoms with van der Waals surface area (Å²) in [6.07, 6.45) is -8.54. The van der Waals surface area contributed by atoms with Gasteiger partial charge in [0.05, 0.1) is 44.0 Å². The highest BCUT2D eigenvalue weighted by atomic mass is 33.1. The van der Waals surface area contributed by atoms with Crippen molar-refractivity contribution in [2.75, 3.05) is 29.6 Å². The number of hydrogen-bond donors (Lipinski definition) is 24. The van der Waals surface area contributed by atoms with Crippen molar-refractivity contribution < 1.29 is 131 Å². The van der Waals surface area contributed by atoms with Gasteiger partial charge in [-0.1, -0.05) is 98.6 Å². The van der Waals surface area contributed by atoms with Crippen LogP contribution in [0.5, 0.6) is 0 Å². The molecule has 642 valence electrons. The molecular formula is C65H106N18O27S4. The normalized spacial score (nSPS) is 21.2. The minimum absolute atomic E-state index is 0.113. The zero-order chi connectivity index (χ0) is 87.3. The van der Waals surface area contributed by atoms with Crippen LogP contribution in [-0.2, 0) is 101 Å². The Morgan fingerprint density at radius 1 is 0.447 bits per heavy atom. The number of rotatable bonds is 37. The second kappa shape index (κ2) is 51.1. The molecule has 0 unspecified atom stereocenters. The molecule has 1 saturated heterocycles. The largest absolute Gasteiger partial charge is 0.481 e. The third kappa shape index (κ3) is 39.3. The molecule has 114 heavy (non-hydrogen) atoms. The Balaban J connectivity index is 4.52. The van der Waals surface area contributed by atoms with Crippen LogP contribution in [-0.4, -0.2) is 281 Å². The first-order valence-electron chi connectivity index (χ1n) is 35.5. The van der Waals surface area contributed by atoms with E-state index in [4.69, 9.17) is 22.9 Å². The molecule has 0 aromatic rings. The zero-order valence-corrected chi connectivity index (χ0v) is 67.4. The van der Waals surface area contributed by atoms with Crippen molar-refractivity contribution >= 4 is 168 Å². The number of amides is 16. The van der Waals surface area contributed by atoms with Crippen LogP contribution in [0.25, 0.3) is 0 Å². The maximum atomic E-state index is 14.9. The number of primary amides is 2. The second-order valence-corrected chi connectivity index (χ2v) is 32.9. The van der Waals surface area contributed by atoms with Crippen molar-refractivity contribution in [2.24, 2.45) is 46.6 Å². The maximum Gasteiger partial charge on any atom is 0.326 e. The standard InChI is InChI=1S/C65H106N18O27S4/c1-25(2)15-35-56(99)80-41(60(103)82-49(28(7)8)65(109)110)24-114-111-21-38(58(101)77-37(64(107)108)16-26(3)4)72-44(87)20-70-62(105)50(30(10)84)83-61(104)40(78-51(94)29(9)71-63(106)48(27(5)6)81-53(96)32(67)18-43(69)86)23-113-112-22-39(59(102)74-33(54(97)76-35)11-13-45(88)89)79-55(98)34(12-14-46(90)91)73-57(100)36(19-47(92)93)75-52(95)31(66)17-42(68)85/h25-41,48-50,84H,11-24,66-67H2,1-10H3,(H2,68,85)(H2,69,86)(H,70,105)(H,71,106)(H,72,87)(H,73,100)(H,74,102)(H,75,95)(H,76,97)(H,77,101)(H,78,94)(H,79,98)(H,80,99)(H,81,96)(H,82,103)(H,83,104)(H,88,89)(H,90,91)(H,92,93)(H,107,108)(H,109,110)/t29-,30+,31+,32-,33-,34-,35-,36-,37+,38-,39-,40-,41-,48-,49-,50-/m0/s1. The van der Waals surface area contributed by atoms with Gasteiger partial charge in [0.1, 0.15) is 78.5 Å². The van der Waals surface area contributed by atoms with E-state index >= 15 is 0 Å². The van der Waals surface area contributed by atoms with E-state index in [2.05, 4.69) is 69.1 Å². The number of carboxylic acids is 5. The van der Waals surface area contributed by atoms with E-state index in [9.17, 15) is 131 Å². The number of aliphatic hydroxyl groups excluding tert-OH is 1. The molecule has 16 atom stereocenters. The highest BCUT2D eigenvalue weighted by Crippen LogP contribution is 2.26. The van der Waals surface area contributed by atoms with Gasteiger partial charge in [-0.2, -0.15) is 0 Å². The number of hydrogen-bond acceptors (Lipinski definition) is 28. The van der Waals surface area contributed by atoms with Crippen molar-refractivity contribution in [1.82, 2.24) is 74.4 Å². The van der Waals surface area contributed by atoms with Gasteiger partial charge in [0, 0.05) is 35.9 Å². The highest BCUT2D eigenvalue weighted by molar-refractivity contribution is 8.77. The number of nitrogens with two attached hydrogens (primary N) is 4. The lowest BCUT2D eigenvalue weighted by molar-refractivity contribution is -0.143. The predicted octanol–water partition coefficient (Wildman–Crippen LogP) is -8.23. The van der Waals surface area contributed by atoms with Crippen LogP contribution in [0.3, 0.4) is 0 Å². The summed E-state index contributed by atoms with van der Waals surface area (Å²) in [5.41, 5.74) is 21.8. The molecule has 45 nitrogen and oxygen atoms in total. The van der Waals surface area contributed by atoms with E-state index in [1.165, 1.54) is 27.7 Å². The summed E-state index contributed by atoms with van der Waals surface area (Å²) in [5, 5.41) is 92.5. The van der Waals surface area contributed by atoms with Crippen molar-refractivity contribution in [1.29, 1.82) is 0 Å². The van der Waals surface area contributed by atoms with Crippen molar-refractivity contribution in [3.05, 3.63) is 0 Å². The van der Waals surface area contributed by atoms with E-state index in [1.54, 1.807) is 27.7 Å². The Kier molecular flexibility index (Phi) is 45.8. The highest BCUT2D eigenvalue weighted by Gasteiger charge is 2.40. The summed E-state index contributed by atoms with van der Waals surface area (Å²) in [5.74, 6) is -32.1. The summed E-state index contributed by atoms with van der Waals surface area (Å²) in [4.78, 5) is 281. The molecule has 1 heterocycles. The predicted molar refractivity (Wildman–Crippen MR) is 409 cm³/mol. The molecule has 0 spiro atoms. The van der Waals surface area contributed by atoms with Crippen LogP contribution in [0.2, 0.25) is 0 Å². The van der Waals surface area contributed by atoms with E-state index in [-0.39, 0.29) is 18.8 Å². The molecular weight excluding hydrogens is 1590 g/mol. The maximum absolute atomic E-state index is 14.9. The first-order valence-corrected chi connectivity index (χ1v) is 40.5. The van der Waals surface area contributed by atoms with Gasteiger partial charge in [0.2, 0.25) is 94.5 Å². The van der Waals surface area contributed by atoms with Gasteiger partial charge in [-0.25, -0.2) is 9.59 Å². The Labute approximate surface area is 670 Å². The molecule has 0 bridgehead atoms. The van der Waals surface area contributed by atoms with Gasteiger partial charge >= 0.3 is 29.8 Å². The van der Waals surface area contributed by atoms with Gasteiger partial charge in [0.15, 0.2) is 0 Å². The van der Waals surface area contributed by atoms with Gasteiger partial charge in [-0.05, 0) is 63.2 Å². The zero-order valence-electron chi connectivity index (χ0n) is 64.1. The smallest absolute Gasteiger partial charge is 0.326 e. The fraction of sp³-hybridized carbons (Fsp3) is 0.677. The van der Waals surface area contributed by atoms with Crippen LogP contribution in [0.4, 0.5) is 0 Å². The third-order valence-corrected chi connectivity index (χ3v) is 21.0. The molecule has 49 heteroatoms. The van der Waals surface area contributed by atoms with Crippen LogP contribution in [0.1, 0.15) is 127 Å². The number of carbonyl (C=O) groups excluding carboxylic acids is 16. The monoisotopic (exact) mass is 1700 g/mol. The number of aliphatic hydroxyl groups is 1. The molecule has 0 aromatic heterocycles. The van der Waals surface area contributed by atoms with Crippen molar-refractivity contribution in [3.8, 4) is 0 Å². The molecule has 1 aliphatic heterocycles. The van der Waals surface area contributed by atoms with Crippen molar-refractivity contribution in [3.63, 3.8) is 0 Å². The number of carboxylic acid groups (broad SMARTS) is 5. The average Bonchev–Trinajstić information content (AvgIpc) is 0.862. The van der Waals surface area contributed by atoms with Gasteiger partial charge in [-0.15, -0.1) is 0 Å². The second-order valence-electron chi connectivity index (χ2n) is 27.8. The van der Waals surface area contributed by atoms with Gasteiger partial charge in [0.25, 0.3) is 0 Å². The van der Waals surface area contributed by atoms with E-state index < -0.39 is 313 Å². The molecule has 0 radical (unpaired) electrons. The molecule has 0 aliphatic carbocycles. The molecule has 0 saturated carbocycles. The molecule has 1 fully saturated rings. The third-order valence-electron chi connectivity index (χ3n) is 16.1. The lowest BCUT2D eigenvalue weighted by Crippen LogP contribution is -2.61. The summed E-state index contributed by atoms with van der Waals surface area (Å²) in [6.45, 7) is 13.4. The lowest BCUT2D eigenvalue weighted by Gasteiger charge is -2.28. The van der Waals surface area contributed by atoms with Crippen LogP contribution >= 0.6 is 43.2 Å². The molecule has 16 amide bonds. The van der Waals surface area contributed by atoms with E-state index in [0.29, 0.717) is 21.6 Å². The van der Waals surface area contributed by atoms with Crippen LogP contribution < -0.4 is 97.4 Å². The van der Waals surface area contributed by atoms with Gasteiger partial charge in [-0.3, -0.25) is 91.1 Å². The summed E-state index contributed by atoms with van der Waals surface area (Å²) in [6, 6.07) is -27.0. The summed E-state index contributed by atoms with van der Waals surface area (Å²) >= 11 is 0. The Morgan fingerprint density at radius 3 is 1.39 bits per heavy atom. The van der Waals surface area contributed by atoms with E-state index in [0.717, 1.165) is 35.4 Å². The minimum atomic E-state index is -2.13. The fourth-order valence-corrected chi connectivity index (χ4v) is 14.6. The summed E-state index contributed by atoms with van der Waals surface area (Å²) in [7, 11) is 2.57. The lowest BCUT2D eigenvalue weighted by atomic mass is 10.0. The molecule has 1 rings (SSSR count). The summed E-state index contributed by atoms with van der Waals surface area (Å²) < 4.78 is 0. The number of nitrogens with one attached hydrogen (secondary N) is 14. The minimum Gasteiger partial charge on any atom is -0.481 e. The van der Waals surface area contributed by atoms with E-state index in [1.807, 2.05) is 5.32 Å². The number of aliphatic carboxylic acids is 5. The Morgan fingerprint density at radius 2 is 0.921 bits per heavy atom. The van der Waals surface area contributed by atoms with Gasteiger partial charge < -0.3 is 128 Å². The molecule has 1 aliphatic rings. The number of carbonyl (C=O) groups is 21. The van der Waals surface area contributed by atoms with Crippen molar-refractivity contribution in [2.45, 2.75) is 224 Å². The van der Waals surface area contributed by atoms with Crippen LogP contribution in [0, 0.1) is 23.7 Å². The molecule has 28 N–H and O–H groups in total. The fourth-order valence-electron chi connectivity index (χ4n) is 9.99. The average molecular weight is 1700 g/mol. The SMILES string of the molecule is CC(C)C[C@@H]1NC(=O)[C@H](CCC(=O)O)NC(=O)[C@@H](NC(=O)[C@H](CCC(=O)O)NC(=O)[C@H](CC(=O)O)NC(=O)[C@H](N)CC(N)=O)CSSC[C@H](NC(=O)[C@H](C)NC(=O)[C@@H](NC(=O)[C@@H](N)CC(N)=O)C(C)C)C(=O)N[C@@H]([C@@H](C)O)C(=O)NCC(=O)N[C@H](C(=O)N[C@H](CC(C)C)C(=O)O)CSSC[C@@H](C(=O)N[C@H](C(=O)O)C(C)C)NC1=O. The first kappa shape index (κ1) is 102. The van der Waals surface area contributed by atoms with Crippen LogP contribution in [0.15, 0.2) is 0 Å². The quantitative estimate of drug-likeness (QED) is 0.0257. The topological polar surface area (TPSA) is 752 Å².